The fourth-order valence-electron chi connectivity index (χ4n) is 8.70. The zero-order valence-corrected chi connectivity index (χ0v) is 27.6. The van der Waals surface area contributed by atoms with Crippen LogP contribution in [0.3, 0.4) is 0 Å². The van der Waals surface area contributed by atoms with Crippen LogP contribution in [0.1, 0.15) is 37.7 Å². The summed E-state index contributed by atoms with van der Waals surface area (Å²) in [5, 5.41) is 10.6. The smallest absolute Gasteiger partial charge is 0.319 e. The topological polar surface area (TPSA) is 118 Å². The Morgan fingerprint density at radius 3 is 2.73 bits per heavy atom. The monoisotopic (exact) mass is 696 g/mol. The van der Waals surface area contributed by atoms with E-state index in [-0.39, 0.29) is 78.7 Å². The maximum Gasteiger partial charge on any atom is 0.319 e. The predicted octanol–water partition coefficient (Wildman–Crippen LogP) is 6.49. The van der Waals surface area contributed by atoms with E-state index in [1.807, 2.05) is 6.07 Å². The van der Waals surface area contributed by atoms with Crippen molar-refractivity contribution in [2.75, 3.05) is 50.5 Å². The molecule has 5 atom stereocenters. The summed E-state index contributed by atoms with van der Waals surface area (Å²) in [5.74, 6) is -0.831. The summed E-state index contributed by atoms with van der Waals surface area (Å²) in [7, 11) is 1.40. The highest BCUT2D eigenvalue weighted by Gasteiger charge is 2.50. The average molecular weight is 697 g/mol. The van der Waals surface area contributed by atoms with Gasteiger partial charge in [0.25, 0.3) is 0 Å². The minimum absolute atomic E-state index is 0.0330. The first-order valence-electron chi connectivity index (χ1n) is 16.1. The molecular formula is C34H32ClF3N6O3S. The maximum absolute atomic E-state index is 17.0. The van der Waals surface area contributed by atoms with Gasteiger partial charge in [-0.1, -0.05) is 17.7 Å². The van der Waals surface area contributed by atoms with Gasteiger partial charge in [0.15, 0.2) is 5.82 Å². The molecule has 0 bridgehead atoms. The number of methoxy groups -OCH3 is 1. The second-order valence-electron chi connectivity index (χ2n) is 13.5. The molecule has 2 aromatic carbocycles. The number of esters is 1. The van der Waals surface area contributed by atoms with E-state index in [1.54, 1.807) is 6.07 Å². The van der Waals surface area contributed by atoms with Crippen molar-refractivity contribution in [1.82, 2.24) is 14.9 Å². The molecule has 1 saturated carbocycles. The molecule has 3 aliphatic heterocycles. The van der Waals surface area contributed by atoms with Gasteiger partial charge in [0.2, 0.25) is 0 Å². The highest BCUT2D eigenvalue weighted by molar-refractivity contribution is 7.23. The Labute approximate surface area is 283 Å². The van der Waals surface area contributed by atoms with Crippen molar-refractivity contribution in [3.05, 3.63) is 40.4 Å². The van der Waals surface area contributed by atoms with Gasteiger partial charge in [0.05, 0.1) is 33.9 Å². The number of carbonyl (C=O) groups is 1. The molecule has 4 fully saturated rings. The van der Waals surface area contributed by atoms with Gasteiger partial charge in [0.1, 0.15) is 41.0 Å². The van der Waals surface area contributed by atoms with E-state index in [1.165, 1.54) is 19.2 Å². The van der Waals surface area contributed by atoms with Crippen LogP contribution in [0.4, 0.5) is 24.0 Å². The van der Waals surface area contributed by atoms with Gasteiger partial charge >= 0.3 is 12.0 Å². The summed E-state index contributed by atoms with van der Waals surface area (Å²) in [6, 6.07) is 6.17. The number of rotatable bonds is 6. The summed E-state index contributed by atoms with van der Waals surface area (Å²) < 4.78 is 57.7. The molecule has 3 saturated heterocycles. The predicted molar refractivity (Wildman–Crippen MR) is 177 cm³/mol. The molecule has 8 rings (SSSR count). The first kappa shape index (κ1) is 31.4. The number of halogens is 4. The van der Waals surface area contributed by atoms with Crippen LogP contribution < -0.4 is 15.4 Å². The van der Waals surface area contributed by atoms with Crippen molar-refractivity contribution in [3.8, 4) is 23.2 Å². The molecule has 0 spiro atoms. The van der Waals surface area contributed by atoms with E-state index in [0.29, 0.717) is 50.1 Å². The van der Waals surface area contributed by atoms with Crippen molar-refractivity contribution < 1.29 is 27.4 Å². The zero-order chi connectivity index (χ0) is 33.5. The minimum atomic E-state index is -0.945. The van der Waals surface area contributed by atoms with E-state index in [4.69, 9.17) is 31.8 Å². The number of benzene rings is 2. The van der Waals surface area contributed by atoms with Crippen molar-refractivity contribution in [3.63, 3.8) is 0 Å². The third-order valence-electron chi connectivity index (χ3n) is 10.9. The first-order chi connectivity index (χ1) is 23.1. The normalized spacial score (nSPS) is 26.7. The third kappa shape index (κ3) is 4.86. The maximum atomic E-state index is 17.0. The second-order valence-corrected chi connectivity index (χ2v) is 15.0. The fraction of sp³-hybridized carbons (Fsp3) is 0.471. The molecule has 14 heteroatoms. The van der Waals surface area contributed by atoms with Crippen LogP contribution in [-0.2, 0) is 9.53 Å². The largest absolute Gasteiger partial charge is 0.469 e. The van der Waals surface area contributed by atoms with E-state index >= 15 is 4.39 Å². The molecule has 2 N–H and O–H groups in total. The Kier molecular flexibility index (Phi) is 7.61. The van der Waals surface area contributed by atoms with Gasteiger partial charge in [-0.3, -0.25) is 9.69 Å². The molecule has 4 aliphatic rings. The lowest BCUT2D eigenvalue weighted by molar-refractivity contribution is -0.145. The number of ether oxygens (including phenoxy) is 2. The summed E-state index contributed by atoms with van der Waals surface area (Å²) in [4.78, 5) is 25.8. The fourth-order valence-corrected chi connectivity index (χ4v) is 9.94. The number of aromatic nitrogens is 2. The molecule has 1 unspecified atom stereocenters. The van der Waals surface area contributed by atoms with Crippen molar-refractivity contribution in [2.45, 2.75) is 43.8 Å². The quantitative estimate of drug-likeness (QED) is 0.226. The van der Waals surface area contributed by atoms with Crippen molar-refractivity contribution in [2.24, 2.45) is 17.8 Å². The number of nitrogen functional groups attached to an aromatic ring is 1. The van der Waals surface area contributed by atoms with Gasteiger partial charge in [-0.25, -0.2) is 13.2 Å². The molecule has 48 heavy (non-hydrogen) atoms. The number of nitrogens with two attached hydrogens (primary N) is 1. The van der Waals surface area contributed by atoms with Crippen LogP contribution in [0.15, 0.2) is 18.2 Å². The highest BCUT2D eigenvalue weighted by Crippen LogP contribution is 2.48. The molecule has 5 heterocycles. The van der Waals surface area contributed by atoms with E-state index in [9.17, 15) is 18.8 Å². The zero-order valence-electron chi connectivity index (χ0n) is 26.1. The Bertz CT molecular complexity index is 2030. The van der Waals surface area contributed by atoms with Gasteiger partial charge < -0.3 is 20.1 Å². The Hall–Kier alpha value is -3.86. The van der Waals surface area contributed by atoms with E-state index in [0.717, 1.165) is 30.7 Å². The van der Waals surface area contributed by atoms with Gasteiger partial charge in [-0.05, 0) is 61.8 Å². The number of nitriles is 1. The number of nitrogens with zero attached hydrogens (tertiary/aromatic N) is 5. The lowest BCUT2D eigenvalue weighted by Crippen LogP contribution is -2.43. The molecule has 9 nitrogen and oxygen atoms in total. The second kappa shape index (κ2) is 11.6. The number of hydrogen-bond acceptors (Lipinski definition) is 10. The number of hydrogen-bond donors (Lipinski definition) is 1. The Morgan fingerprint density at radius 1 is 1.23 bits per heavy atom. The molecule has 250 valence electrons. The molecular weight excluding hydrogens is 665 g/mol. The van der Waals surface area contributed by atoms with E-state index in [2.05, 4.69) is 14.8 Å². The van der Waals surface area contributed by atoms with Gasteiger partial charge in [0, 0.05) is 42.4 Å². The van der Waals surface area contributed by atoms with Gasteiger partial charge in [-0.2, -0.15) is 15.2 Å². The van der Waals surface area contributed by atoms with Gasteiger partial charge in [-0.15, -0.1) is 11.3 Å². The van der Waals surface area contributed by atoms with Crippen LogP contribution >= 0.6 is 22.9 Å². The molecule has 2 aromatic heterocycles. The molecule has 0 radical (unpaired) electrons. The third-order valence-corrected chi connectivity index (χ3v) is 12.2. The Balaban J connectivity index is 1.24. The van der Waals surface area contributed by atoms with Crippen LogP contribution in [0.25, 0.3) is 32.1 Å². The summed E-state index contributed by atoms with van der Waals surface area (Å²) >= 11 is 7.76. The minimum Gasteiger partial charge on any atom is -0.469 e. The SMILES string of the molecule is COC(=O)C1C[C@@H]2CN(c3nc(OC[C@@]45CCCN4C[C@H](F)C5)nc4c(F)c(-c5ccc(F)c6sc(N)c(C#N)c56)c(Cl)cc34)C[C@@H]2C1. The standard InChI is InChI=1S/C34H32ClF3N6O3S/c1-46-32(45)16-7-17-12-43(13-18(17)8-16)31-21-9-23(35)26(20-3-4-24(37)29-25(20)22(11-39)30(40)48-29)27(38)28(21)41-33(42-31)47-15-34-5-2-6-44(34)14-19(36)10-34/h3-4,9,16-19H,2,5-8,10,12-15,40H2,1H3/t16?,17-,18+,19-,34+/m1/s1. The Morgan fingerprint density at radius 2 is 2.00 bits per heavy atom. The first-order valence-corrected chi connectivity index (χ1v) is 17.3. The lowest BCUT2D eigenvalue weighted by Gasteiger charge is -2.31. The highest BCUT2D eigenvalue weighted by atomic mass is 35.5. The summed E-state index contributed by atoms with van der Waals surface area (Å²) in [6.45, 7) is 2.48. The van der Waals surface area contributed by atoms with E-state index < -0.39 is 23.3 Å². The number of thiophene rings is 1. The molecule has 0 amide bonds. The van der Waals surface area contributed by atoms with Crippen LogP contribution in [0.5, 0.6) is 6.01 Å². The number of alkyl halides is 1. The number of fused-ring (bicyclic) bond motifs is 4. The molecule has 4 aromatic rings. The summed E-state index contributed by atoms with van der Waals surface area (Å²) in [5.41, 5.74) is 5.76. The van der Waals surface area contributed by atoms with Crippen molar-refractivity contribution in [1.29, 1.82) is 5.26 Å². The van der Waals surface area contributed by atoms with Crippen LogP contribution in [-0.4, -0.2) is 72.4 Å². The average Bonchev–Trinajstić information content (AvgIpc) is 3.86. The van der Waals surface area contributed by atoms with Crippen LogP contribution in [0.2, 0.25) is 5.02 Å². The lowest BCUT2D eigenvalue weighted by atomic mass is 9.95. The molecule has 1 aliphatic carbocycles. The van der Waals surface area contributed by atoms with Crippen LogP contribution in [0, 0.1) is 40.7 Å². The summed E-state index contributed by atoms with van der Waals surface area (Å²) in [6.07, 6.45) is 2.50. The number of carbonyl (C=O) groups excluding carboxylic acids is 1. The van der Waals surface area contributed by atoms with Crippen molar-refractivity contribution >= 4 is 60.7 Å². The number of anilines is 2.